The van der Waals surface area contributed by atoms with E-state index in [0.29, 0.717) is 23.1 Å². The van der Waals surface area contributed by atoms with Crippen molar-refractivity contribution in [2.45, 2.75) is 70.6 Å². The van der Waals surface area contributed by atoms with Gasteiger partial charge < -0.3 is 9.47 Å². The zero-order chi connectivity index (χ0) is 28.2. The van der Waals surface area contributed by atoms with E-state index in [9.17, 15) is 18.0 Å². The van der Waals surface area contributed by atoms with Gasteiger partial charge in [-0.05, 0) is 91.9 Å². The number of carbonyl (C=O) groups excluding carboxylic acids is 1. The molecular weight excluding hydrogens is 515 g/mol. The van der Waals surface area contributed by atoms with Crippen molar-refractivity contribution in [1.29, 1.82) is 0 Å². The lowest BCUT2D eigenvalue weighted by atomic mass is 9.72. The molecule has 1 unspecified atom stereocenters. The van der Waals surface area contributed by atoms with Crippen molar-refractivity contribution in [2.24, 2.45) is 18.9 Å². The van der Waals surface area contributed by atoms with Crippen LogP contribution in [-0.4, -0.2) is 38.7 Å². The predicted molar refractivity (Wildman–Crippen MR) is 147 cm³/mol. The van der Waals surface area contributed by atoms with Gasteiger partial charge in [0.1, 0.15) is 12.2 Å². The summed E-state index contributed by atoms with van der Waals surface area (Å²) in [4.78, 5) is 17.5. The van der Waals surface area contributed by atoms with Crippen LogP contribution >= 0.6 is 0 Å². The number of rotatable bonds is 6. The Bertz CT molecular complexity index is 1410. The first-order valence-corrected chi connectivity index (χ1v) is 14.4. The third kappa shape index (κ3) is 4.82. The topological polar surface area (TPSA) is 54.3 Å². The molecule has 3 atom stereocenters. The van der Waals surface area contributed by atoms with Crippen molar-refractivity contribution in [1.82, 2.24) is 19.7 Å². The van der Waals surface area contributed by atoms with Gasteiger partial charge in [0, 0.05) is 36.8 Å². The molecule has 2 aromatic carbocycles. The van der Waals surface area contributed by atoms with Crippen molar-refractivity contribution in [2.75, 3.05) is 18.0 Å². The van der Waals surface area contributed by atoms with Gasteiger partial charge in [-0.3, -0.25) is 9.69 Å². The van der Waals surface area contributed by atoms with E-state index in [4.69, 9.17) is 0 Å². The third-order valence-electron chi connectivity index (χ3n) is 9.27. The number of amides is 1. The second-order valence-corrected chi connectivity index (χ2v) is 12.0. The highest BCUT2D eigenvalue weighted by Crippen LogP contribution is 2.45. The number of piperidine rings is 1. The standard InChI is InChI=1S/C31H36F3N5O/c1-19-7-6-12-38(16-19)20(2)23-14-25-26(27(15-23)31(32,33)34)17-39(30(25)40)24-11-5-10-22(13-24)28(21-8-4-9-21)29-36-35-18-37(29)3/h5,10-11,13-15,18-21,28H,4,6-9,12,16-17H2,1-3H3/t19-,20?,28-/m0/s1. The number of benzene rings is 2. The molecule has 1 aliphatic carbocycles. The van der Waals surface area contributed by atoms with Gasteiger partial charge in [-0.25, -0.2) is 0 Å². The first kappa shape index (κ1) is 27.0. The van der Waals surface area contributed by atoms with E-state index in [1.54, 1.807) is 12.4 Å². The highest BCUT2D eigenvalue weighted by atomic mass is 19.4. The van der Waals surface area contributed by atoms with Gasteiger partial charge in [0.2, 0.25) is 0 Å². The summed E-state index contributed by atoms with van der Waals surface area (Å²) in [5.41, 5.74) is 1.70. The van der Waals surface area contributed by atoms with Crippen LogP contribution in [0.5, 0.6) is 0 Å². The maximum atomic E-state index is 14.4. The van der Waals surface area contributed by atoms with Crippen LogP contribution in [0.4, 0.5) is 18.9 Å². The Morgan fingerprint density at radius 1 is 1.05 bits per heavy atom. The zero-order valence-electron chi connectivity index (χ0n) is 23.3. The summed E-state index contributed by atoms with van der Waals surface area (Å²) in [6.07, 6.45) is 2.63. The SMILES string of the molecule is CC(c1cc2c(c(C(F)(F)F)c1)CN(c1cccc([C@@H](c3nncn3C)C3CCC3)c1)C2=O)N1CCC[C@H](C)C1. The van der Waals surface area contributed by atoms with Crippen LogP contribution in [0.2, 0.25) is 0 Å². The molecule has 0 N–H and O–H groups in total. The molecule has 0 radical (unpaired) electrons. The molecule has 3 aromatic rings. The fraction of sp³-hybridized carbons (Fsp3) is 0.516. The summed E-state index contributed by atoms with van der Waals surface area (Å²) in [6.45, 7) is 5.73. The van der Waals surface area contributed by atoms with E-state index < -0.39 is 11.7 Å². The van der Waals surface area contributed by atoms with E-state index in [1.165, 1.54) is 11.0 Å². The van der Waals surface area contributed by atoms with Gasteiger partial charge in [0.25, 0.3) is 5.91 Å². The average molecular weight is 552 g/mol. The highest BCUT2D eigenvalue weighted by molar-refractivity contribution is 6.10. The van der Waals surface area contributed by atoms with E-state index in [2.05, 4.69) is 22.0 Å². The number of anilines is 1. The lowest BCUT2D eigenvalue weighted by Gasteiger charge is -2.36. The Hall–Kier alpha value is -3.20. The van der Waals surface area contributed by atoms with Crippen LogP contribution in [-0.2, 0) is 19.8 Å². The number of hydrogen-bond donors (Lipinski definition) is 0. The summed E-state index contributed by atoms with van der Waals surface area (Å²) in [5, 5.41) is 8.46. The first-order chi connectivity index (χ1) is 19.1. The molecule has 1 amide bonds. The molecule has 1 saturated carbocycles. The van der Waals surface area contributed by atoms with Crippen LogP contribution < -0.4 is 4.90 Å². The number of nitrogens with zero attached hydrogens (tertiary/aromatic N) is 5. The second-order valence-electron chi connectivity index (χ2n) is 12.0. The van der Waals surface area contributed by atoms with Crippen molar-refractivity contribution in [3.63, 3.8) is 0 Å². The van der Waals surface area contributed by atoms with Crippen LogP contribution in [0.15, 0.2) is 42.7 Å². The minimum absolute atomic E-state index is 0.0198. The van der Waals surface area contributed by atoms with Gasteiger partial charge in [0.05, 0.1) is 12.1 Å². The van der Waals surface area contributed by atoms with Gasteiger partial charge in [-0.15, -0.1) is 10.2 Å². The summed E-state index contributed by atoms with van der Waals surface area (Å²) in [7, 11) is 1.92. The van der Waals surface area contributed by atoms with E-state index in [-0.39, 0.29) is 35.5 Å². The number of fused-ring (bicyclic) bond motifs is 1. The van der Waals surface area contributed by atoms with E-state index >= 15 is 0 Å². The minimum Gasteiger partial charge on any atom is -0.320 e. The zero-order valence-corrected chi connectivity index (χ0v) is 23.3. The van der Waals surface area contributed by atoms with Gasteiger partial charge in [-0.2, -0.15) is 13.2 Å². The first-order valence-electron chi connectivity index (χ1n) is 14.4. The number of carbonyl (C=O) groups is 1. The predicted octanol–water partition coefficient (Wildman–Crippen LogP) is 6.72. The smallest absolute Gasteiger partial charge is 0.320 e. The number of aromatic nitrogens is 3. The molecule has 6 nitrogen and oxygen atoms in total. The normalized spacial score (nSPS) is 21.8. The molecule has 3 heterocycles. The molecular formula is C31H36F3N5O. The Labute approximate surface area is 233 Å². The Morgan fingerprint density at radius 3 is 2.50 bits per heavy atom. The molecule has 9 heteroatoms. The molecule has 212 valence electrons. The summed E-state index contributed by atoms with van der Waals surface area (Å²) < 4.78 is 45.1. The van der Waals surface area contributed by atoms with E-state index in [0.717, 1.165) is 56.6 Å². The van der Waals surface area contributed by atoms with Crippen LogP contribution in [0, 0.1) is 11.8 Å². The molecule has 6 rings (SSSR count). The molecule has 1 aromatic heterocycles. The summed E-state index contributed by atoms with van der Waals surface area (Å²) in [5.74, 6) is 1.43. The molecule has 40 heavy (non-hydrogen) atoms. The van der Waals surface area contributed by atoms with Crippen molar-refractivity contribution >= 4 is 11.6 Å². The third-order valence-corrected chi connectivity index (χ3v) is 9.27. The number of aryl methyl sites for hydroxylation is 1. The minimum atomic E-state index is -4.55. The lowest BCUT2D eigenvalue weighted by molar-refractivity contribution is -0.138. The van der Waals surface area contributed by atoms with Crippen LogP contribution in [0.1, 0.15) is 96.3 Å². The fourth-order valence-electron chi connectivity index (χ4n) is 6.79. The number of hydrogen-bond acceptors (Lipinski definition) is 4. The second kappa shape index (κ2) is 10.3. The number of halogens is 3. The molecule has 1 saturated heterocycles. The van der Waals surface area contributed by atoms with Crippen molar-refractivity contribution < 1.29 is 18.0 Å². The fourth-order valence-corrected chi connectivity index (χ4v) is 6.79. The number of likely N-dealkylation sites (tertiary alicyclic amines) is 1. The maximum absolute atomic E-state index is 14.4. The average Bonchev–Trinajstić information content (AvgIpc) is 3.47. The van der Waals surface area contributed by atoms with Crippen LogP contribution in [0.25, 0.3) is 0 Å². The Kier molecular flexibility index (Phi) is 6.97. The quantitative estimate of drug-likeness (QED) is 0.341. The Balaban J connectivity index is 1.35. The highest BCUT2D eigenvalue weighted by Gasteiger charge is 2.41. The Morgan fingerprint density at radius 2 is 1.85 bits per heavy atom. The largest absolute Gasteiger partial charge is 0.416 e. The van der Waals surface area contributed by atoms with Gasteiger partial charge in [-0.1, -0.05) is 25.5 Å². The van der Waals surface area contributed by atoms with Gasteiger partial charge >= 0.3 is 6.18 Å². The molecule has 3 aliphatic rings. The van der Waals surface area contributed by atoms with Crippen LogP contribution in [0.3, 0.4) is 0 Å². The monoisotopic (exact) mass is 551 g/mol. The van der Waals surface area contributed by atoms with E-state index in [1.807, 2.05) is 42.8 Å². The van der Waals surface area contributed by atoms with Crippen molar-refractivity contribution in [3.05, 3.63) is 76.4 Å². The molecule has 0 bridgehead atoms. The lowest BCUT2D eigenvalue weighted by Crippen LogP contribution is -2.36. The molecule has 2 fully saturated rings. The molecule has 0 spiro atoms. The molecule has 2 aliphatic heterocycles. The van der Waals surface area contributed by atoms with Gasteiger partial charge in [0.15, 0.2) is 0 Å². The number of alkyl halides is 3. The summed E-state index contributed by atoms with van der Waals surface area (Å²) >= 11 is 0. The van der Waals surface area contributed by atoms with Crippen molar-refractivity contribution in [3.8, 4) is 0 Å². The summed E-state index contributed by atoms with van der Waals surface area (Å²) in [6, 6.07) is 10.5. The maximum Gasteiger partial charge on any atom is 0.416 e.